The van der Waals surface area contributed by atoms with Gasteiger partial charge in [0.05, 0.1) is 5.69 Å². The zero-order chi connectivity index (χ0) is 19.1. The lowest BCUT2D eigenvalue weighted by molar-refractivity contribution is 0.182. The topological polar surface area (TPSA) is 57.5 Å². The molecule has 1 aromatic rings. The zero-order valence-corrected chi connectivity index (χ0v) is 20.3. The largest absolute Gasteiger partial charge is 0.356 e. The van der Waals surface area contributed by atoms with Crippen molar-refractivity contribution >= 4 is 29.9 Å². The fraction of sp³-hybridized carbons (Fsp3) is 0.800. The van der Waals surface area contributed by atoms with Gasteiger partial charge in [-0.2, -0.15) is 5.10 Å². The molecule has 1 aliphatic rings. The molecule has 156 valence electrons. The SMILES string of the molecule is CN=C(NCCCN1CCCC(C)C1)NC(C)Cc1c(C)nn(C)c1C.I. The van der Waals surface area contributed by atoms with Crippen LogP contribution in [0.1, 0.15) is 50.1 Å². The molecule has 0 amide bonds. The van der Waals surface area contributed by atoms with Gasteiger partial charge in [-0.15, -0.1) is 24.0 Å². The molecular weight excluding hydrogens is 451 g/mol. The van der Waals surface area contributed by atoms with Crippen LogP contribution in [-0.4, -0.2) is 59.9 Å². The maximum absolute atomic E-state index is 4.51. The minimum absolute atomic E-state index is 0. The Bertz CT molecular complexity index is 598. The van der Waals surface area contributed by atoms with Gasteiger partial charge in [0.15, 0.2) is 5.96 Å². The minimum atomic E-state index is 0. The molecule has 27 heavy (non-hydrogen) atoms. The van der Waals surface area contributed by atoms with Crippen LogP contribution in [0.2, 0.25) is 0 Å². The van der Waals surface area contributed by atoms with Gasteiger partial charge in [0, 0.05) is 38.9 Å². The van der Waals surface area contributed by atoms with E-state index in [-0.39, 0.29) is 24.0 Å². The van der Waals surface area contributed by atoms with Gasteiger partial charge in [-0.05, 0) is 71.0 Å². The monoisotopic (exact) mass is 490 g/mol. The number of guanidine groups is 1. The molecular formula is C20H39IN6. The first-order valence-electron chi connectivity index (χ1n) is 10.1. The summed E-state index contributed by atoms with van der Waals surface area (Å²) in [6, 6.07) is 0.311. The van der Waals surface area contributed by atoms with Crippen LogP contribution in [0.3, 0.4) is 0 Å². The van der Waals surface area contributed by atoms with Crippen LogP contribution >= 0.6 is 24.0 Å². The van der Waals surface area contributed by atoms with Crippen molar-refractivity contribution in [2.24, 2.45) is 18.0 Å². The lowest BCUT2D eigenvalue weighted by atomic mass is 10.0. The van der Waals surface area contributed by atoms with Gasteiger partial charge >= 0.3 is 0 Å². The summed E-state index contributed by atoms with van der Waals surface area (Å²) in [5.74, 6) is 1.75. The van der Waals surface area contributed by atoms with Gasteiger partial charge in [-0.25, -0.2) is 0 Å². The number of nitrogens with one attached hydrogen (secondary N) is 2. The maximum atomic E-state index is 4.51. The molecule has 1 fully saturated rings. The summed E-state index contributed by atoms with van der Waals surface area (Å²) in [4.78, 5) is 6.98. The number of aromatic nitrogens is 2. The Morgan fingerprint density at radius 2 is 2.11 bits per heavy atom. The molecule has 0 saturated carbocycles. The summed E-state index contributed by atoms with van der Waals surface area (Å²) in [5, 5.41) is 11.5. The van der Waals surface area contributed by atoms with Crippen molar-refractivity contribution in [1.29, 1.82) is 0 Å². The average Bonchev–Trinajstić information content (AvgIpc) is 2.84. The second-order valence-electron chi connectivity index (χ2n) is 7.92. The van der Waals surface area contributed by atoms with Crippen LogP contribution in [0.5, 0.6) is 0 Å². The predicted octanol–water partition coefficient (Wildman–Crippen LogP) is 2.87. The van der Waals surface area contributed by atoms with Crippen molar-refractivity contribution < 1.29 is 0 Å². The lowest BCUT2D eigenvalue weighted by Crippen LogP contribution is -2.44. The third kappa shape index (κ3) is 7.60. The Morgan fingerprint density at radius 3 is 2.70 bits per heavy atom. The molecule has 0 radical (unpaired) electrons. The molecule has 0 bridgehead atoms. The van der Waals surface area contributed by atoms with Crippen molar-refractivity contribution in [3.05, 3.63) is 17.0 Å². The molecule has 0 spiro atoms. The molecule has 1 aromatic heterocycles. The fourth-order valence-electron chi connectivity index (χ4n) is 3.90. The highest BCUT2D eigenvalue weighted by molar-refractivity contribution is 14.0. The van der Waals surface area contributed by atoms with Gasteiger partial charge in [0.2, 0.25) is 0 Å². The van der Waals surface area contributed by atoms with E-state index in [0.29, 0.717) is 6.04 Å². The fourth-order valence-corrected chi connectivity index (χ4v) is 3.90. The third-order valence-corrected chi connectivity index (χ3v) is 5.46. The summed E-state index contributed by atoms with van der Waals surface area (Å²) >= 11 is 0. The van der Waals surface area contributed by atoms with Crippen molar-refractivity contribution in [2.75, 3.05) is 33.2 Å². The summed E-state index contributed by atoms with van der Waals surface area (Å²) in [7, 11) is 3.85. The van der Waals surface area contributed by atoms with E-state index in [2.05, 4.69) is 53.3 Å². The van der Waals surface area contributed by atoms with Crippen molar-refractivity contribution in [3.63, 3.8) is 0 Å². The van der Waals surface area contributed by atoms with E-state index in [0.717, 1.165) is 37.0 Å². The number of aryl methyl sites for hydroxylation is 2. The summed E-state index contributed by atoms with van der Waals surface area (Å²) < 4.78 is 1.96. The quantitative estimate of drug-likeness (QED) is 0.267. The van der Waals surface area contributed by atoms with Gasteiger partial charge in [-0.1, -0.05) is 6.92 Å². The number of rotatable bonds is 7. The number of halogens is 1. The van der Waals surface area contributed by atoms with Crippen molar-refractivity contribution in [1.82, 2.24) is 25.3 Å². The highest BCUT2D eigenvalue weighted by Gasteiger charge is 2.16. The smallest absolute Gasteiger partial charge is 0.191 e. The summed E-state index contributed by atoms with van der Waals surface area (Å²) in [6.45, 7) is 13.4. The average molecular weight is 490 g/mol. The highest BCUT2D eigenvalue weighted by atomic mass is 127. The molecule has 6 nitrogen and oxygen atoms in total. The number of aliphatic imine (C=N–C) groups is 1. The van der Waals surface area contributed by atoms with Crippen LogP contribution in [-0.2, 0) is 13.5 Å². The Hall–Kier alpha value is -0.830. The Morgan fingerprint density at radius 1 is 1.37 bits per heavy atom. The summed E-state index contributed by atoms with van der Waals surface area (Å²) in [5.41, 5.74) is 3.70. The molecule has 7 heteroatoms. The first-order valence-corrected chi connectivity index (χ1v) is 10.1. The van der Waals surface area contributed by atoms with Crippen LogP contribution < -0.4 is 10.6 Å². The van der Waals surface area contributed by atoms with Gasteiger partial charge in [0.25, 0.3) is 0 Å². The Kier molecular flexibility index (Phi) is 10.7. The molecule has 2 unspecified atom stereocenters. The second kappa shape index (κ2) is 11.9. The Balaban J connectivity index is 0.00000364. The van der Waals surface area contributed by atoms with E-state index in [1.807, 2.05) is 18.8 Å². The molecule has 1 aliphatic heterocycles. The zero-order valence-electron chi connectivity index (χ0n) is 18.0. The van der Waals surface area contributed by atoms with Gasteiger partial charge in [0.1, 0.15) is 0 Å². The number of hydrogen-bond acceptors (Lipinski definition) is 3. The number of hydrogen-bond donors (Lipinski definition) is 2. The molecule has 2 heterocycles. The first kappa shape index (κ1) is 24.2. The minimum Gasteiger partial charge on any atom is -0.356 e. The van der Waals surface area contributed by atoms with Gasteiger partial charge < -0.3 is 15.5 Å². The lowest BCUT2D eigenvalue weighted by Gasteiger charge is -2.30. The number of nitrogens with zero attached hydrogens (tertiary/aromatic N) is 4. The first-order chi connectivity index (χ1) is 12.4. The second-order valence-corrected chi connectivity index (χ2v) is 7.92. The molecule has 2 N–H and O–H groups in total. The predicted molar refractivity (Wildman–Crippen MR) is 125 cm³/mol. The summed E-state index contributed by atoms with van der Waals surface area (Å²) in [6.07, 6.45) is 4.85. The molecule has 0 aromatic carbocycles. The molecule has 1 saturated heterocycles. The van der Waals surface area contributed by atoms with E-state index in [1.54, 1.807) is 0 Å². The van der Waals surface area contributed by atoms with E-state index in [4.69, 9.17) is 0 Å². The third-order valence-electron chi connectivity index (χ3n) is 5.46. The van der Waals surface area contributed by atoms with Crippen LogP contribution in [0, 0.1) is 19.8 Å². The van der Waals surface area contributed by atoms with E-state index in [1.165, 1.54) is 43.7 Å². The van der Waals surface area contributed by atoms with Crippen LogP contribution in [0.15, 0.2) is 4.99 Å². The van der Waals surface area contributed by atoms with Crippen molar-refractivity contribution in [2.45, 2.75) is 59.4 Å². The maximum Gasteiger partial charge on any atom is 0.191 e. The van der Waals surface area contributed by atoms with Crippen molar-refractivity contribution in [3.8, 4) is 0 Å². The molecule has 2 rings (SSSR count). The molecule has 2 atom stereocenters. The van der Waals surface area contributed by atoms with Crippen LogP contribution in [0.25, 0.3) is 0 Å². The van der Waals surface area contributed by atoms with E-state index in [9.17, 15) is 0 Å². The van der Waals surface area contributed by atoms with Crippen LogP contribution in [0.4, 0.5) is 0 Å². The number of likely N-dealkylation sites (tertiary alicyclic amines) is 1. The normalized spacial score (nSPS) is 19.5. The molecule has 0 aliphatic carbocycles. The van der Waals surface area contributed by atoms with E-state index >= 15 is 0 Å². The highest BCUT2D eigenvalue weighted by Crippen LogP contribution is 2.15. The van der Waals surface area contributed by atoms with Gasteiger partial charge in [-0.3, -0.25) is 9.67 Å². The number of piperidine rings is 1. The van der Waals surface area contributed by atoms with E-state index < -0.39 is 0 Å². The standard InChI is InChI=1S/C20H38N6.HI/c1-15-9-7-11-26(14-15)12-8-10-22-20(21-5)23-16(2)13-19-17(3)24-25(6)18(19)4;/h15-16H,7-14H2,1-6H3,(H2,21,22,23);1H. The Labute approximate surface area is 182 Å².